The van der Waals surface area contributed by atoms with Crippen molar-refractivity contribution in [2.75, 3.05) is 31.1 Å². The monoisotopic (exact) mass is 385 g/mol. The molecule has 0 N–H and O–H groups in total. The SMILES string of the molecule is O=C(c1cc2cn(C3CC3)cc2s1)N1CCN(c2ccc(Cl)cc2)CC1. The zero-order chi connectivity index (χ0) is 17.7. The maximum atomic E-state index is 12.9. The van der Waals surface area contributed by atoms with Gasteiger partial charge in [-0.1, -0.05) is 11.6 Å². The van der Waals surface area contributed by atoms with Crippen LogP contribution in [0.15, 0.2) is 42.7 Å². The second-order valence-corrected chi connectivity index (χ2v) is 8.64. The lowest BCUT2D eigenvalue weighted by molar-refractivity contribution is 0.0752. The Morgan fingerprint density at radius 3 is 2.42 bits per heavy atom. The van der Waals surface area contributed by atoms with Crippen molar-refractivity contribution in [1.82, 2.24) is 9.47 Å². The number of aromatic nitrogens is 1. The van der Waals surface area contributed by atoms with Crippen molar-refractivity contribution in [2.24, 2.45) is 0 Å². The average Bonchev–Trinajstić information content (AvgIpc) is 3.32. The van der Waals surface area contributed by atoms with E-state index >= 15 is 0 Å². The van der Waals surface area contributed by atoms with Crippen LogP contribution in [0, 0.1) is 0 Å². The van der Waals surface area contributed by atoms with E-state index in [0.717, 1.165) is 36.1 Å². The highest BCUT2D eigenvalue weighted by Gasteiger charge is 2.26. The van der Waals surface area contributed by atoms with Gasteiger partial charge < -0.3 is 14.4 Å². The van der Waals surface area contributed by atoms with Gasteiger partial charge in [-0.05, 0) is 43.2 Å². The number of nitrogens with zero attached hydrogens (tertiary/aromatic N) is 3. The molecular weight excluding hydrogens is 366 g/mol. The second-order valence-electron chi connectivity index (χ2n) is 7.12. The first-order chi connectivity index (χ1) is 12.7. The van der Waals surface area contributed by atoms with Gasteiger partial charge in [0.1, 0.15) is 0 Å². The first-order valence-electron chi connectivity index (χ1n) is 9.08. The molecule has 3 aromatic rings. The third-order valence-electron chi connectivity index (χ3n) is 5.28. The molecule has 5 rings (SSSR count). The van der Waals surface area contributed by atoms with Crippen molar-refractivity contribution in [3.05, 3.63) is 52.6 Å². The Labute approximate surface area is 161 Å². The molecule has 0 bridgehead atoms. The van der Waals surface area contributed by atoms with Gasteiger partial charge in [-0.15, -0.1) is 11.3 Å². The molecule has 4 nitrogen and oxygen atoms in total. The molecule has 3 heterocycles. The van der Waals surface area contributed by atoms with Crippen LogP contribution in [0.3, 0.4) is 0 Å². The van der Waals surface area contributed by atoms with Crippen LogP contribution in [0.4, 0.5) is 5.69 Å². The Morgan fingerprint density at radius 2 is 1.77 bits per heavy atom. The molecule has 0 spiro atoms. The fourth-order valence-electron chi connectivity index (χ4n) is 3.62. The number of carbonyl (C=O) groups excluding carboxylic acids is 1. The Kier molecular flexibility index (Phi) is 3.94. The standard InChI is InChI=1S/C20H20ClN3OS/c21-15-1-3-16(4-2-15)22-7-9-23(10-8-22)20(25)18-11-14-12-24(17-5-6-17)13-19(14)26-18/h1-4,11-13,17H,5-10H2. The largest absolute Gasteiger partial charge is 0.368 e. The number of piperazine rings is 1. The van der Waals surface area contributed by atoms with Crippen LogP contribution in [0.5, 0.6) is 0 Å². The number of amides is 1. The smallest absolute Gasteiger partial charge is 0.264 e. The third kappa shape index (κ3) is 2.99. The highest BCUT2D eigenvalue weighted by molar-refractivity contribution is 7.20. The highest BCUT2D eigenvalue weighted by Crippen LogP contribution is 2.38. The van der Waals surface area contributed by atoms with Crippen LogP contribution in [0.2, 0.25) is 5.02 Å². The van der Waals surface area contributed by atoms with E-state index in [9.17, 15) is 4.79 Å². The van der Waals surface area contributed by atoms with E-state index in [2.05, 4.69) is 27.9 Å². The number of hydrogen-bond donors (Lipinski definition) is 0. The highest BCUT2D eigenvalue weighted by atomic mass is 35.5. The number of halogens is 1. The molecule has 1 aliphatic heterocycles. The molecule has 6 heteroatoms. The Balaban J connectivity index is 1.26. The first-order valence-corrected chi connectivity index (χ1v) is 10.3. The zero-order valence-electron chi connectivity index (χ0n) is 14.4. The molecule has 0 radical (unpaired) electrons. The minimum absolute atomic E-state index is 0.167. The number of thiophene rings is 1. The van der Waals surface area contributed by atoms with E-state index in [1.165, 1.54) is 28.6 Å². The predicted molar refractivity (Wildman–Crippen MR) is 108 cm³/mol. The molecule has 1 aromatic carbocycles. The number of carbonyl (C=O) groups is 1. The van der Waals surface area contributed by atoms with Gasteiger partial charge in [-0.2, -0.15) is 0 Å². The first kappa shape index (κ1) is 16.2. The lowest BCUT2D eigenvalue weighted by atomic mass is 10.2. The van der Waals surface area contributed by atoms with Gasteiger partial charge >= 0.3 is 0 Å². The van der Waals surface area contributed by atoms with E-state index < -0.39 is 0 Å². The summed E-state index contributed by atoms with van der Waals surface area (Å²) in [6.07, 6.45) is 6.96. The van der Waals surface area contributed by atoms with Gasteiger partial charge in [0.2, 0.25) is 0 Å². The quantitative estimate of drug-likeness (QED) is 0.656. The summed E-state index contributed by atoms with van der Waals surface area (Å²) in [5, 5.41) is 1.95. The number of benzene rings is 1. The fourth-order valence-corrected chi connectivity index (χ4v) is 4.79. The molecule has 1 aliphatic carbocycles. The van der Waals surface area contributed by atoms with E-state index in [0.29, 0.717) is 6.04 Å². The molecule has 1 amide bonds. The van der Waals surface area contributed by atoms with Crippen molar-refractivity contribution < 1.29 is 4.79 Å². The normalized spacial score (nSPS) is 17.9. The van der Waals surface area contributed by atoms with E-state index in [1.807, 2.05) is 29.2 Å². The molecule has 2 aromatic heterocycles. The lowest BCUT2D eigenvalue weighted by Gasteiger charge is -2.36. The van der Waals surface area contributed by atoms with Crippen molar-refractivity contribution in [2.45, 2.75) is 18.9 Å². The zero-order valence-corrected chi connectivity index (χ0v) is 16.0. The molecule has 2 aliphatic rings. The molecule has 26 heavy (non-hydrogen) atoms. The van der Waals surface area contributed by atoms with Gasteiger partial charge in [0.25, 0.3) is 5.91 Å². The van der Waals surface area contributed by atoms with Crippen molar-refractivity contribution >= 4 is 44.6 Å². The summed E-state index contributed by atoms with van der Waals surface area (Å²) in [6, 6.07) is 10.7. The number of hydrogen-bond acceptors (Lipinski definition) is 3. The summed E-state index contributed by atoms with van der Waals surface area (Å²) in [6.45, 7) is 3.22. The molecule has 0 atom stereocenters. The summed E-state index contributed by atoms with van der Waals surface area (Å²) in [5.74, 6) is 0.167. The lowest BCUT2D eigenvalue weighted by Crippen LogP contribution is -2.48. The maximum absolute atomic E-state index is 12.9. The van der Waals surface area contributed by atoms with Crippen LogP contribution < -0.4 is 4.90 Å². The average molecular weight is 386 g/mol. The summed E-state index contributed by atoms with van der Waals surface area (Å²) in [5.41, 5.74) is 1.17. The topological polar surface area (TPSA) is 28.5 Å². The molecular formula is C20H20ClN3OS. The van der Waals surface area contributed by atoms with Crippen molar-refractivity contribution in [3.8, 4) is 0 Å². The van der Waals surface area contributed by atoms with Crippen LogP contribution in [-0.2, 0) is 0 Å². The summed E-state index contributed by atoms with van der Waals surface area (Å²) >= 11 is 7.59. The van der Waals surface area contributed by atoms with E-state index in [-0.39, 0.29) is 5.91 Å². The van der Waals surface area contributed by atoms with Crippen molar-refractivity contribution in [1.29, 1.82) is 0 Å². The van der Waals surface area contributed by atoms with Crippen LogP contribution in [0.25, 0.3) is 10.1 Å². The minimum atomic E-state index is 0.167. The minimum Gasteiger partial charge on any atom is -0.368 e. The molecule has 134 valence electrons. The van der Waals surface area contributed by atoms with Gasteiger partial charge in [-0.3, -0.25) is 4.79 Å². The Hall–Kier alpha value is -1.98. The Bertz CT molecular complexity index is 918. The molecule has 2 fully saturated rings. The number of fused-ring (bicyclic) bond motifs is 1. The Morgan fingerprint density at radius 1 is 1.04 bits per heavy atom. The van der Waals surface area contributed by atoms with E-state index in [4.69, 9.17) is 11.6 Å². The van der Waals surface area contributed by atoms with E-state index in [1.54, 1.807) is 11.3 Å². The van der Waals surface area contributed by atoms with Crippen LogP contribution >= 0.6 is 22.9 Å². The second kappa shape index (κ2) is 6.32. The van der Waals surface area contributed by atoms with Gasteiger partial charge in [0.15, 0.2) is 0 Å². The molecule has 0 unspecified atom stereocenters. The maximum Gasteiger partial charge on any atom is 0.264 e. The van der Waals surface area contributed by atoms with Gasteiger partial charge in [0.05, 0.1) is 9.58 Å². The summed E-state index contributed by atoms with van der Waals surface area (Å²) < 4.78 is 3.53. The molecule has 1 saturated heterocycles. The number of anilines is 1. The number of rotatable bonds is 3. The molecule has 1 saturated carbocycles. The van der Waals surface area contributed by atoms with Gasteiger partial charge in [-0.25, -0.2) is 0 Å². The summed E-state index contributed by atoms with van der Waals surface area (Å²) in [4.78, 5) is 18.0. The van der Waals surface area contributed by atoms with Gasteiger partial charge in [0, 0.05) is 60.7 Å². The third-order valence-corrected chi connectivity index (χ3v) is 6.61. The summed E-state index contributed by atoms with van der Waals surface area (Å²) in [7, 11) is 0. The van der Waals surface area contributed by atoms with Crippen molar-refractivity contribution in [3.63, 3.8) is 0 Å². The fraction of sp³-hybridized carbons (Fsp3) is 0.350. The van der Waals surface area contributed by atoms with Crippen LogP contribution in [0.1, 0.15) is 28.6 Å². The van der Waals surface area contributed by atoms with Crippen LogP contribution in [-0.4, -0.2) is 41.6 Å². The predicted octanol–water partition coefficient (Wildman–Crippen LogP) is 4.65.